The molecule has 0 N–H and O–H groups in total. The van der Waals surface area contributed by atoms with Crippen molar-refractivity contribution in [1.82, 2.24) is 15.0 Å². The summed E-state index contributed by atoms with van der Waals surface area (Å²) in [5.41, 5.74) is 1.08. The predicted octanol–water partition coefficient (Wildman–Crippen LogP) is 4.22. The first-order valence-electron chi connectivity index (χ1n) is 8.12. The van der Waals surface area contributed by atoms with Crippen molar-refractivity contribution >= 4 is 0 Å². The molecule has 2 aromatic rings. The van der Waals surface area contributed by atoms with Gasteiger partial charge < -0.3 is 4.52 Å². The topological polar surface area (TPSA) is 42.2 Å². The minimum atomic E-state index is 0.102. The SMILES string of the molecule is C=CCC1(CC=C)CCCN1Cc1nc(-c2ccccc2)no1. The average molecular weight is 309 g/mol. The molecule has 1 aromatic heterocycles. The minimum absolute atomic E-state index is 0.102. The molecule has 1 aromatic carbocycles. The number of likely N-dealkylation sites (tertiary alicyclic amines) is 1. The summed E-state index contributed by atoms with van der Waals surface area (Å²) < 4.78 is 5.48. The molecule has 1 saturated heterocycles. The number of aromatic nitrogens is 2. The zero-order chi connectivity index (χ0) is 16.1. The van der Waals surface area contributed by atoms with Crippen molar-refractivity contribution in [2.75, 3.05) is 6.54 Å². The third-order valence-electron chi connectivity index (χ3n) is 4.62. The first kappa shape index (κ1) is 15.7. The van der Waals surface area contributed by atoms with E-state index in [4.69, 9.17) is 4.52 Å². The molecule has 0 spiro atoms. The Morgan fingerprint density at radius 1 is 1.17 bits per heavy atom. The van der Waals surface area contributed by atoms with Crippen molar-refractivity contribution in [2.45, 2.75) is 37.8 Å². The summed E-state index contributed by atoms with van der Waals surface area (Å²) in [5, 5.41) is 4.12. The summed E-state index contributed by atoms with van der Waals surface area (Å²) in [4.78, 5) is 7.00. The van der Waals surface area contributed by atoms with Gasteiger partial charge in [0.05, 0.1) is 6.54 Å². The highest BCUT2D eigenvalue weighted by Crippen LogP contribution is 2.37. The molecule has 3 rings (SSSR count). The van der Waals surface area contributed by atoms with Gasteiger partial charge in [-0.05, 0) is 32.2 Å². The van der Waals surface area contributed by atoms with Crippen LogP contribution in [0.1, 0.15) is 31.6 Å². The normalized spacial score (nSPS) is 17.2. The monoisotopic (exact) mass is 309 g/mol. The van der Waals surface area contributed by atoms with Crippen molar-refractivity contribution in [3.8, 4) is 11.4 Å². The number of benzene rings is 1. The van der Waals surface area contributed by atoms with Crippen LogP contribution in [0.5, 0.6) is 0 Å². The van der Waals surface area contributed by atoms with Crippen LogP contribution in [-0.4, -0.2) is 27.1 Å². The van der Waals surface area contributed by atoms with Gasteiger partial charge in [0.2, 0.25) is 11.7 Å². The Labute approximate surface area is 137 Å². The zero-order valence-electron chi connectivity index (χ0n) is 13.4. The summed E-state index contributed by atoms with van der Waals surface area (Å²) in [7, 11) is 0. The van der Waals surface area contributed by atoms with Crippen molar-refractivity contribution in [3.63, 3.8) is 0 Å². The van der Waals surface area contributed by atoms with Gasteiger partial charge in [0, 0.05) is 11.1 Å². The summed E-state index contributed by atoms with van der Waals surface area (Å²) in [6.45, 7) is 9.58. The van der Waals surface area contributed by atoms with Gasteiger partial charge in [0.1, 0.15) is 0 Å². The summed E-state index contributed by atoms with van der Waals surface area (Å²) in [6, 6.07) is 9.91. The molecular weight excluding hydrogens is 286 g/mol. The second kappa shape index (κ2) is 6.92. The van der Waals surface area contributed by atoms with Crippen LogP contribution in [-0.2, 0) is 6.54 Å². The van der Waals surface area contributed by atoms with Crippen LogP contribution in [0, 0.1) is 0 Å². The Morgan fingerprint density at radius 2 is 1.91 bits per heavy atom. The molecule has 0 unspecified atom stereocenters. The molecule has 0 amide bonds. The van der Waals surface area contributed by atoms with Crippen molar-refractivity contribution in [3.05, 3.63) is 61.5 Å². The lowest BCUT2D eigenvalue weighted by Crippen LogP contribution is -2.42. The first-order valence-corrected chi connectivity index (χ1v) is 8.12. The maximum absolute atomic E-state index is 5.48. The third kappa shape index (κ3) is 3.27. The van der Waals surface area contributed by atoms with Gasteiger partial charge in [-0.3, -0.25) is 4.90 Å². The van der Waals surface area contributed by atoms with E-state index in [1.807, 2.05) is 42.5 Å². The Bertz CT molecular complexity index is 652. The Morgan fingerprint density at radius 3 is 2.61 bits per heavy atom. The Hall–Kier alpha value is -2.20. The van der Waals surface area contributed by atoms with E-state index in [9.17, 15) is 0 Å². The van der Waals surface area contributed by atoms with E-state index in [0.29, 0.717) is 18.3 Å². The number of nitrogens with zero attached hydrogens (tertiary/aromatic N) is 3. The van der Waals surface area contributed by atoms with E-state index in [-0.39, 0.29) is 5.54 Å². The van der Waals surface area contributed by atoms with Crippen LogP contribution in [0.25, 0.3) is 11.4 Å². The lowest BCUT2D eigenvalue weighted by atomic mass is 9.88. The van der Waals surface area contributed by atoms with Gasteiger partial charge >= 0.3 is 0 Å². The fraction of sp³-hybridized carbons (Fsp3) is 0.368. The van der Waals surface area contributed by atoms with E-state index >= 15 is 0 Å². The van der Waals surface area contributed by atoms with Gasteiger partial charge in [-0.25, -0.2) is 0 Å². The molecule has 4 nitrogen and oxygen atoms in total. The van der Waals surface area contributed by atoms with E-state index in [1.165, 1.54) is 6.42 Å². The fourth-order valence-corrected chi connectivity index (χ4v) is 3.51. The molecular formula is C19H23N3O. The largest absolute Gasteiger partial charge is 0.338 e. The molecule has 4 heteroatoms. The van der Waals surface area contributed by atoms with Crippen molar-refractivity contribution in [2.24, 2.45) is 0 Å². The molecule has 120 valence electrons. The number of hydrogen-bond acceptors (Lipinski definition) is 4. The van der Waals surface area contributed by atoms with Gasteiger partial charge in [-0.2, -0.15) is 4.98 Å². The first-order chi connectivity index (χ1) is 11.3. The highest BCUT2D eigenvalue weighted by Gasteiger charge is 2.39. The number of rotatable bonds is 7. The molecule has 0 bridgehead atoms. The second-order valence-electron chi connectivity index (χ2n) is 6.11. The number of hydrogen-bond donors (Lipinski definition) is 0. The van der Waals surface area contributed by atoms with Gasteiger partial charge in [0.25, 0.3) is 0 Å². The van der Waals surface area contributed by atoms with Crippen LogP contribution in [0.3, 0.4) is 0 Å². The molecule has 0 atom stereocenters. The quantitative estimate of drug-likeness (QED) is 0.718. The fourth-order valence-electron chi connectivity index (χ4n) is 3.51. The minimum Gasteiger partial charge on any atom is -0.338 e. The maximum Gasteiger partial charge on any atom is 0.241 e. The molecule has 2 heterocycles. The van der Waals surface area contributed by atoms with Gasteiger partial charge in [0.15, 0.2) is 0 Å². The summed E-state index contributed by atoms with van der Waals surface area (Å²) in [5.74, 6) is 1.32. The Balaban J connectivity index is 1.77. The maximum atomic E-state index is 5.48. The molecule has 1 aliphatic rings. The third-order valence-corrected chi connectivity index (χ3v) is 4.62. The van der Waals surface area contributed by atoms with Gasteiger partial charge in [-0.15, -0.1) is 13.2 Å². The highest BCUT2D eigenvalue weighted by atomic mass is 16.5. The summed E-state index contributed by atoms with van der Waals surface area (Å²) >= 11 is 0. The Kier molecular flexibility index (Phi) is 4.72. The summed E-state index contributed by atoms with van der Waals surface area (Å²) in [6.07, 6.45) is 8.26. The van der Waals surface area contributed by atoms with Crippen LogP contribution < -0.4 is 0 Å². The van der Waals surface area contributed by atoms with Crippen LogP contribution in [0.4, 0.5) is 0 Å². The average Bonchev–Trinajstić information content (AvgIpc) is 3.18. The van der Waals surface area contributed by atoms with E-state index in [2.05, 4.69) is 28.2 Å². The van der Waals surface area contributed by atoms with E-state index in [1.54, 1.807) is 0 Å². The smallest absolute Gasteiger partial charge is 0.241 e. The standard InChI is InChI=1S/C19H23N3O/c1-3-11-19(12-4-2)13-8-14-22(19)15-17-20-18(21-23-17)16-9-6-5-7-10-16/h3-7,9-10H,1-2,8,11-15H2. The molecule has 0 saturated carbocycles. The highest BCUT2D eigenvalue weighted by molar-refractivity contribution is 5.53. The lowest BCUT2D eigenvalue weighted by molar-refractivity contribution is 0.118. The molecule has 1 fully saturated rings. The molecule has 0 aliphatic carbocycles. The van der Waals surface area contributed by atoms with Crippen molar-refractivity contribution in [1.29, 1.82) is 0 Å². The van der Waals surface area contributed by atoms with E-state index in [0.717, 1.165) is 31.4 Å². The molecule has 23 heavy (non-hydrogen) atoms. The zero-order valence-corrected chi connectivity index (χ0v) is 13.4. The molecule has 0 radical (unpaired) electrons. The van der Waals surface area contributed by atoms with Gasteiger partial charge in [-0.1, -0.05) is 47.6 Å². The lowest BCUT2D eigenvalue weighted by Gasteiger charge is -2.36. The van der Waals surface area contributed by atoms with Crippen LogP contribution in [0.2, 0.25) is 0 Å². The van der Waals surface area contributed by atoms with Crippen LogP contribution in [0.15, 0.2) is 60.2 Å². The van der Waals surface area contributed by atoms with E-state index < -0.39 is 0 Å². The predicted molar refractivity (Wildman–Crippen MR) is 91.7 cm³/mol. The second-order valence-corrected chi connectivity index (χ2v) is 6.11. The van der Waals surface area contributed by atoms with Crippen molar-refractivity contribution < 1.29 is 4.52 Å². The van der Waals surface area contributed by atoms with Crippen LogP contribution >= 0.6 is 0 Å². The molecule has 1 aliphatic heterocycles.